The summed E-state index contributed by atoms with van der Waals surface area (Å²) >= 11 is 5.50. The van der Waals surface area contributed by atoms with Crippen LogP contribution < -0.4 is 0 Å². The van der Waals surface area contributed by atoms with Gasteiger partial charge in [0.15, 0.2) is 0 Å². The van der Waals surface area contributed by atoms with Gasteiger partial charge >= 0.3 is 0 Å². The van der Waals surface area contributed by atoms with Crippen LogP contribution in [0.2, 0.25) is 0 Å². The lowest BCUT2D eigenvalue weighted by molar-refractivity contribution is 0.946. The summed E-state index contributed by atoms with van der Waals surface area (Å²) in [6.07, 6.45) is 4.64. The van der Waals surface area contributed by atoms with Crippen LogP contribution in [0.4, 0.5) is 0 Å². The average molecular weight is 297 g/mol. The third kappa shape index (κ3) is 2.68. The summed E-state index contributed by atoms with van der Waals surface area (Å²) in [5.74, 6) is 0. The fourth-order valence-electron chi connectivity index (χ4n) is 1.66. The van der Waals surface area contributed by atoms with E-state index in [0.717, 1.165) is 17.1 Å². The summed E-state index contributed by atoms with van der Waals surface area (Å²) in [6, 6.07) is 4.11. The smallest absolute Gasteiger partial charge is 0.0900 e. The Morgan fingerprint density at radius 2 is 2.00 bits per heavy atom. The lowest BCUT2D eigenvalue weighted by atomic mass is 10.1. The van der Waals surface area contributed by atoms with Crippen LogP contribution in [0.15, 0.2) is 24.5 Å². The number of alkyl halides is 1. The molecule has 1 atom stereocenters. The highest BCUT2D eigenvalue weighted by Crippen LogP contribution is 2.33. The predicted molar refractivity (Wildman–Crippen MR) is 71.2 cm³/mol. The van der Waals surface area contributed by atoms with E-state index in [0.29, 0.717) is 4.83 Å². The highest BCUT2D eigenvalue weighted by atomic mass is 79.9. The number of aromatic nitrogens is 2. The third-order valence-electron chi connectivity index (χ3n) is 2.39. The van der Waals surface area contributed by atoms with Crippen molar-refractivity contribution in [2.45, 2.75) is 25.1 Å². The van der Waals surface area contributed by atoms with Crippen LogP contribution in [0, 0.1) is 13.8 Å². The van der Waals surface area contributed by atoms with Gasteiger partial charge in [0.1, 0.15) is 0 Å². The average Bonchev–Trinajstić information content (AvgIpc) is 2.59. The molecule has 0 fully saturated rings. The summed E-state index contributed by atoms with van der Waals surface area (Å²) in [4.78, 5) is 10.1. The van der Waals surface area contributed by atoms with Crippen LogP contribution >= 0.6 is 27.3 Å². The van der Waals surface area contributed by atoms with Crippen LogP contribution in [0.5, 0.6) is 0 Å². The molecule has 0 amide bonds. The van der Waals surface area contributed by atoms with Crippen molar-refractivity contribution in [2.75, 3.05) is 0 Å². The molecule has 1 unspecified atom stereocenters. The number of pyridine rings is 1. The van der Waals surface area contributed by atoms with Crippen molar-refractivity contribution < 1.29 is 0 Å². The third-order valence-corrected chi connectivity index (χ3v) is 4.66. The summed E-state index contributed by atoms with van der Waals surface area (Å²) in [5.41, 5.74) is 2.43. The Labute approximate surface area is 108 Å². The van der Waals surface area contributed by atoms with Crippen molar-refractivity contribution in [1.29, 1.82) is 0 Å². The van der Waals surface area contributed by atoms with Gasteiger partial charge in [-0.2, -0.15) is 0 Å². The van der Waals surface area contributed by atoms with E-state index in [9.17, 15) is 0 Å². The van der Waals surface area contributed by atoms with E-state index >= 15 is 0 Å². The fourth-order valence-corrected chi connectivity index (χ4v) is 3.55. The van der Waals surface area contributed by atoms with Crippen LogP contribution in [-0.2, 0) is 6.42 Å². The highest BCUT2D eigenvalue weighted by molar-refractivity contribution is 9.09. The zero-order chi connectivity index (χ0) is 11.5. The quantitative estimate of drug-likeness (QED) is 0.805. The molecular weight excluding hydrogens is 284 g/mol. The fraction of sp³-hybridized carbons (Fsp3) is 0.333. The number of rotatable bonds is 3. The molecule has 0 radical (unpaired) electrons. The first-order valence-electron chi connectivity index (χ1n) is 5.13. The van der Waals surface area contributed by atoms with Gasteiger partial charge in [-0.25, -0.2) is 4.98 Å². The summed E-state index contributed by atoms with van der Waals surface area (Å²) < 4.78 is 0. The lowest BCUT2D eigenvalue weighted by Crippen LogP contribution is -1.95. The van der Waals surface area contributed by atoms with Crippen molar-refractivity contribution in [3.05, 3.63) is 45.7 Å². The van der Waals surface area contributed by atoms with Gasteiger partial charge in [0, 0.05) is 17.3 Å². The Kier molecular flexibility index (Phi) is 3.71. The van der Waals surface area contributed by atoms with E-state index in [-0.39, 0.29) is 0 Å². The Balaban J connectivity index is 2.14. The molecule has 2 rings (SSSR count). The number of hydrogen-bond donors (Lipinski definition) is 0. The van der Waals surface area contributed by atoms with Gasteiger partial charge in [0.2, 0.25) is 0 Å². The van der Waals surface area contributed by atoms with Crippen molar-refractivity contribution >= 4 is 27.3 Å². The molecule has 84 valence electrons. The maximum Gasteiger partial charge on any atom is 0.0900 e. The largest absolute Gasteiger partial charge is 0.265 e. The first-order chi connectivity index (χ1) is 7.66. The normalized spacial score (nSPS) is 12.7. The highest BCUT2D eigenvalue weighted by Gasteiger charge is 2.14. The minimum absolute atomic E-state index is 0.348. The standard InChI is InChI=1S/C12H13BrN2S/c1-8-12(16-9(2)15-8)11(13)7-10-3-5-14-6-4-10/h3-6,11H,7H2,1-2H3. The number of hydrogen-bond acceptors (Lipinski definition) is 3. The molecule has 2 aromatic heterocycles. The van der Waals surface area contributed by atoms with Gasteiger partial charge in [-0.1, -0.05) is 15.9 Å². The Morgan fingerprint density at radius 1 is 1.31 bits per heavy atom. The van der Waals surface area contributed by atoms with E-state index in [1.165, 1.54) is 10.4 Å². The molecule has 0 aliphatic rings. The maximum atomic E-state index is 4.45. The Hall–Kier alpha value is -0.740. The van der Waals surface area contributed by atoms with E-state index in [4.69, 9.17) is 0 Å². The molecule has 0 bridgehead atoms. The van der Waals surface area contributed by atoms with Gasteiger partial charge in [0.05, 0.1) is 15.5 Å². The van der Waals surface area contributed by atoms with Crippen molar-refractivity contribution in [2.24, 2.45) is 0 Å². The van der Waals surface area contributed by atoms with Gasteiger partial charge < -0.3 is 0 Å². The number of aryl methyl sites for hydroxylation is 2. The second kappa shape index (κ2) is 5.06. The van der Waals surface area contributed by atoms with Gasteiger partial charge in [-0.15, -0.1) is 11.3 Å². The minimum Gasteiger partial charge on any atom is -0.265 e. The van der Waals surface area contributed by atoms with Gasteiger partial charge in [0.25, 0.3) is 0 Å². The molecular formula is C12H13BrN2S. The Morgan fingerprint density at radius 3 is 2.56 bits per heavy atom. The zero-order valence-electron chi connectivity index (χ0n) is 9.27. The van der Waals surface area contributed by atoms with Gasteiger partial charge in [-0.05, 0) is 38.0 Å². The number of thiazole rings is 1. The minimum atomic E-state index is 0.348. The summed E-state index contributed by atoms with van der Waals surface area (Å²) in [5, 5.41) is 1.13. The molecule has 2 nitrogen and oxygen atoms in total. The molecule has 0 N–H and O–H groups in total. The second-order valence-corrected chi connectivity index (χ2v) is 6.05. The predicted octanol–water partition coefficient (Wildman–Crippen LogP) is 3.83. The van der Waals surface area contributed by atoms with E-state index < -0.39 is 0 Å². The van der Waals surface area contributed by atoms with Crippen LogP contribution in [-0.4, -0.2) is 9.97 Å². The number of halogens is 1. The second-order valence-electron chi connectivity index (χ2n) is 3.71. The van der Waals surface area contributed by atoms with Crippen molar-refractivity contribution in [1.82, 2.24) is 9.97 Å². The first-order valence-corrected chi connectivity index (χ1v) is 6.87. The Bertz CT molecular complexity index is 467. The summed E-state index contributed by atoms with van der Waals surface area (Å²) in [6.45, 7) is 4.12. The molecule has 16 heavy (non-hydrogen) atoms. The molecule has 0 aliphatic heterocycles. The maximum absolute atomic E-state index is 4.45. The molecule has 0 aliphatic carbocycles. The molecule has 0 saturated heterocycles. The molecule has 0 spiro atoms. The van der Waals surface area contributed by atoms with E-state index in [1.807, 2.05) is 19.3 Å². The van der Waals surface area contributed by atoms with Crippen LogP contribution in [0.1, 0.15) is 26.0 Å². The molecule has 2 heterocycles. The topological polar surface area (TPSA) is 25.8 Å². The van der Waals surface area contributed by atoms with Crippen molar-refractivity contribution in [3.63, 3.8) is 0 Å². The molecule has 0 saturated carbocycles. The molecule has 2 aromatic rings. The van der Waals surface area contributed by atoms with Gasteiger partial charge in [-0.3, -0.25) is 4.98 Å². The number of nitrogens with zero attached hydrogens (tertiary/aromatic N) is 2. The molecule has 0 aromatic carbocycles. The first kappa shape index (κ1) is 11.7. The van der Waals surface area contributed by atoms with E-state index in [1.54, 1.807) is 11.3 Å². The van der Waals surface area contributed by atoms with Crippen LogP contribution in [0.25, 0.3) is 0 Å². The summed E-state index contributed by atoms with van der Waals surface area (Å²) in [7, 11) is 0. The zero-order valence-corrected chi connectivity index (χ0v) is 11.7. The van der Waals surface area contributed by atoms with E-state index in [2.05, 4.69) is 45.0 Å². The lowest BCUT2D eigenvalue weighted by Gasteiger charge is -2.08. The van der Waals surface area contributed by atoms with Crippen molar-refractivity contribution in [3.8, 4) is 0 Å². The monoisotopic (exact) mass is 296 g/mol. The SMILES string of the molecule is Cc1nc(C)c(C(Br)Cc2ccncc2)s1. The van der Waals surface area contributed by atoms with Crippen LogP contribution in [0.3, 0.4) is 0 Å². The molecule has 4 heteroatoms.